The van der Waals surface area contributed by atoms with Gasteiger partial charge < -0.3 is 19.4 Å². The molecule has 0 unspecified atom stereocenters. The van der Waals surface area contributed by atoms with E-state index in [4.69, 9.17) is 9.47 Å². The first-order valence-corrected chi connectivity index (χ1v) is 9.88. The van der Waals surface area contributed by atoms with Gasteiger partial charge in [0.15, 0.2) is 22.5 Å². The van der Waals surface area contributed by atoms with Gasteiger partial charge in [0, 0.05) is 18.3 Å². The fourth-order valence-electron chi connectivity index (χ4n) is 2.76. The van der Waals surface area contributed by atoms with Crippen molar-refractivity contribution in [2.24, 2.45) is 0 Å². The van der Waals surface area contributed by atoms with E-state index in [1.165, 1.54) is 24.9 Å². The second-order valence-electron chi connectivity index (χ2n) is 5.94. The molecule has 0 aliphatic rings. The Balaban J connectivity index is 1.69. The molecule has 1 aromatic heterocycles. The van der Waals surface area contributed by atoms with E-state index in [-0.39, 0.29) is 17.5 Å². The zero-order chi connectivity index (χ0) is 20.8. The van der Waals surface area contributed by atoms with Crippen molar-refractivity contribution in [3.8, 4) is 22.9 Å². The van der Waals surface area contributed by atoms with Crippen LogP contribution in [0.2, 0.25) is 0 Å². The van der Waals surface area contributed by atoms with Gasteiger partial charge in [-0.15, -0.1) is 10.2 Å². The summed E-state index contributed by atoms with van der Waals surface area (Å²) in [5.74, 6) is 1.10. The standard InChI is InChI=1S/C20H21FN4O3S/c1-4-25-19(14-7-5-6-8-15(14)21)23-24-20(25)29-12-18(26)22-13-9-10-16(27-2)17(11-13)28-3/h5-11H,4,12H2,1-3H3,(H,22,26). The molecule has 9 heteroatoms. The smallest absolute Gasteiger partial charge is 0.234 e. The number of halogens is 1. The highest BCUT2D eigenvalue weighted by Crippen LogP contribution is 2.30. The number of carbonyl (C=O) groups excluding carboxylic acids is 1. The predicted octanol–water partition coefficient (Wildman–Crippen LogP) is 3.85. The fourth-order valence-corrected chi connectivity index (χ4v) is 3.57. The van der Waals surface area contributed by atoms with Crippen LogP contribution in [0.3, 0.4) is 0 Å². The van der Waals surface area contributed by atoms with E-state index in [9.17, 15) is 9.18 Å². The Kier molecular flexibility index (Phi) is 6.71. The largest absolute Gasteiger partial charge is 0.493 e. The number of hydrogen-bond acceptors (Lipinski definition) is 6. The van der Waals surface area contributed by atoms with Crippen LogP contribution < -0.4 is 14.8 Å². The quantitative estimate of drug-likeness (QED) is 0.562. The Bertz CT molecular complexity index is 1010. The van der Waals surface area contributed by atoms with Crippen molar-refractivity contribution < 1.29 is 18.7 Å². The molecule has 0 aliphatic carbocycles. The Labute approximate surface area is 172 Å². The maximum atomic E-state index is 14.1. The Hall–Kier alpha value is -3.07. The number of thioether (sulfide) groups is 1. The third kappa shape index (κ3) is 4.68. The van der Waals surface area contributed by atoms with Gasteiger partial charge >= 0.3 is 0 Å². The number of ether oxygens (including phenoxy) is 2. The van der Waals surface area contributed by atoms with Crippen molar-refractivity contribution in [1.82, 2.24) is 14.8 Å². The molecule has 0 spiro atoms. The first-order valence-electron chi connectivity index (χ1n) is 8.90. The molecule has 0 atom stereocenters. The lowest BCUT2D eigenvalue weighted by atomic mass is 10.2. The predicted molar refractivity (Wildman–Crippen MR) is 110 cm³/mol. The molecule has 0 aliphatic heterocycles. The van der Waals surface area contributed by atoms with Crippen LogP contribution in [0, 0.1) is 5.82 Å². The molecule has 1 N–H and O–H groups in total. The molecule has 0 bridgehead atoms. The van der Waals surface area contributed by atoms with Crippen molar-refractivity contribution in [1.29, 1.82) is 0 Å². The molecule has 29 heavy (non-hydrogen) atoms. The summed E-state index contributed by atoms with van der Waals surface area (Å²) in [6.45, 7) is 2.47. The fraction of sp³-hybridized carbons (Fsp3) is 0.250. The SMILES string of the molecule is CCn1c(SCC(=O)Nc2ccc(OC)c(OC)c2)nnc1-c1ccccc1F. The van der Waals surface area contributed by atoms with E-state index in [0.29, 0.717) is 40.3 Å². The third-order valence-corrected chi connectivity index (χ3v) is 5.11. The topological polar surface area (TPSA) is 78.3 Å². The minimum Gasteiger partial charge on any atom is -0.493 e. The number of hydrogen-bond donors (Lipinski definition) is 1. The molecular formula is C20H21FN4O3S. The van der Waals surface area contributed by atoms with Crippen molar-refractivity contribution in [3.63, 3.8) is 0 Å². The number of aromatic nitrogens is 3. The molecule has 0 radical (unpaired) electrons. The van der Waals surface area contributed by atoms with Gasteiger partial charge in [-0.25, -0.2) is 4.39 Å². The summed E-state index contributed by atoms with van der Waals surface area (Å²) < 4.78 is 26.3. The van der Waals surface area contributed by atoms with Crippen LogP contribution in [-0.2, 0) is 11.3 Å². The number of carbonyl (C=O) groups is 1. The highest BCUT2D eigenvalue weighted by atomic mass is 32.2. The first kappa shape index (κ1) is 20.7. The Morgan fingerprint density at radius 3 is 2.59 bits per heavy atom. The molecule has 1 amide bonds. The Morgan fingerprint density at radius 1 is 1.14 bits per heavy atom. The minimum atomic E-state index is -0.364. The van der Waals surface area contributed by atoms with Crippen LogP contribution in [0.5, 0.6) is 11.5 Å². The molecule has 3 rings (SSSR count). The summed E-state index contributed by atoms with van der Waals surface area (Å²) in [4.78, 5) is 12.3. The summed E-state index contributed by atoms with van der Waals surface area (Å²) in [6.07, 6.45) is 0. The molecule has 152 valence electrons. The van der Waals surface area contributed by atoms with Crippen LogP contribution >= 0.6 is 11.8 Å². The summed E-state index contributed by atoms with van der Waals surface area (Å²) in [7, 11) is 3.08. The number of nitrogens with zero attached hydrogens (tertiary/aromatic N) is 3. The van der Waals surface area contributed by atoms with Gasteiger partial charge in [-0.05, 0) is 31.2 Å². The van der Waals surface area contributed by atoms with Crippen LogP contribution in [0.1, 0.15) is 6.92 Å². The number of benzene rings is 2. The second kappa shape index (κ2) is 9.42. The third-order valence-electron chi connectivity index (χ3n) is 4.15. The number of amides is 1. The molecular weight excluding hydrogens is 395 g/mol. The zero-order valence-electron chi connectivity index (χ0n) is 16.3. The van der Waals surface area contributed by atoms with Gasteiger partial charge in [-0.3, -0.25) is 4.79 Å². The average Bonchev–Trinajstić information content (AvgIpc) is 3.15. The van der Waals surface area contributed by atoms with Crippen molar-refractivity contribution >= 4 is 23.4 Å². The summed E-state index contributed by atoms with van der Waals surface area (Å²) in [5.41, 5.74) is 0.973. The lowest BCUT2D eigenvalue weighted by Gasteiger charge is -2.11. The highest BCUT2D eigenvalue weighted by Gasteiger charge is 2.17. The lowest BCUT2D eigenvalue weighted by molar-refractivity contribution is -0.113. The van der Waals surface area contributed by atoms with Crippen LogP contribution in [0.25, 0.3) is 11.4 Å². The highest BCUT2D eigenvalue weighted by molar-refractivity contribution is 7.99. The Morgan fingerprint density at radius 2 is 1.90 bits per heavy atom. The van der Waals surface area contributed by atoms with Gasteiger partial charge in [0.2, 0.25) is 5.91 Å². The zero-order valence-corrected chi connectivity index (χ0v) is 17.1. The average molecular weight is 416 g/mol. The van der Waals surface area contributed by atoms with Crippen LogP contribution in [0.4, 0.5) is 10.1 Å². The van der Waals surface area contributed by atoms with Crippen molar-refractivity contribution in [2.75, 3.05) is 25.3 Å². The van der Waals surface area contributed by atoms with Gasteiger partial charge in [0.25, 0.3) is 0 Å². The number of nitrogens with one attached hydrogen (secondary N) is 1. The van der Waals surface area contributed by atoms with E-state index in [1.54, 1.807) is 48.1 Å². The number of rotatable bonds is 8. The molecule has 0 fully saturated rings. The van der Waals surface area contributed by atoms with Gasteiger partial charge in [-0.2, -0.15) is 0 Å². The van der Waals surface area contributed by atoms with E-state index in [2.05, 4.69) is 15.5 Å². The minimum absolute atomic E-state index is 0.129. The molecule has 2 aromatic carbocycles. The lowest BCUT2D eigenvalue weighted by Crippen LogP contribution is -2.14. The maximum absolute atomic E-state index is 14.1. The summed E-state index contributed by atoms with van der Waals surface area (Å²) in [5, 5.41) is 11.6. The molecule has 0 saturated carbocycles. The number of anilines is 1. The van der Waals surface area contributed by atoms with Crippen molar-refractivity contribution in [3.05, 3.63) is 48.3 Å². The van der Waals surface area contributed by atoms with Gasteiger partial charge in [0.05, 0.1) is 25.5 Å². The van der Waals surface area contributed by atoms with Gasteiger partial charge in [-0.1, -0.05) is 23.9 Å². The normalized spacial score (nSPS) is 10.6. The van der Waals surface area contributed by atoms with E-state index >= 15 is 0 Å². The van der Waals surface area contributed by atoms with Crippen LogP contribution in [0.15, 0.2) is 47.6 Å². The van der Waals surface area contributed by atoms with Crippen molar-refractivity contribution in [2.45, 2.75) is 18.6 Å². The van der Waals surface area contributed by atoms with Crippen LogP contribution in [-0.4, -0.2) is 40.6 Å². The molecule has 1 heterocycles. The first-order chi connectivity index (χ1) is 14.1. The summed E-state index contributed by atoms with van der Waals surface area (Å²) >= 11 is 1.24. The van der Waals surface area contributed by atoms with Gasteiger partial charge in [0.1, 0.15) is 5.82 Å². The summed E-state index contributed by atoms with van der Waals surface area (Å²) in [6, 6.07) is 11.5. The molecule has 3 aromatic rings. The molecule has 7 nitrogen and oxygen atoms in total. The van der Waals surface area contributed by atoms with E-state index in [1.807, 2.05) is 6.92 Å². The van der Waals surface area contributed by atoms with E-state index in [0.717, 1.165) is 0 Å². The molecule has 0 saturated heterocycles. The monoisotopic (exact) mass is 416 g/mol. The maximum Gasteiger partial charge on any atom is 0.234 e. The van der Waals surface area contributed by atoms with E-state index < -0.39 is 0 Å². The second-order valence-corrected chi connectivity index (χ2v) is 6.88. The number of methoxy groups -OCH3 is 2.